The Hall–Kier alpha value is -1.45. The summed E-state index contributed by atoms with van der Waals surface area (Å²) < 4.78 is 5.91. The van der Waals surface area contributed by atoms with E-state index in [0.717, 1.165) is 21.4 Å². The fourth-order valence-corrected chi connectivity index (χ4v) is 2.77. The van der Waals surface area contributed by atoms with Crippen molar-refractivity contribution in [1.82, 2.24) is 0 Å². The maximum absolute atomic E-state index is 12.2. The van der Waals surface area contributed by atoms with Gasteiger partial charge in [0, 0.05) is 4.90 Å². The van der Waals surface area contributed by atoms with Crippen LogP contribution in [0, 0.1) is 0 Å². The van der Waals surface area contributed by atoms with Crippen LogP contribution in [-0.2, 0) is 0 Å². The molecule has 0 fully saturated rings. The molecule has 0 spiro atoms. The van der Waals surface area contributed by atoms with E-state index in [4.69, 9.17) is 15.4 Å². The number of carbonyl (C=O) groups is 1. The lowest BCUT2D eigenvalue weighted by atomic mass is 9.96. The van der Waals surface area contributed by atoms with E-state index in [1.807, 2.05) is 42.5 Å². The predicted molar refractivity (Wildman–Crippen MR) is 76.9 cm³/mol. The van der Waals surface area contributed by atoms with Crippen LogP contribution in [0.4, 0.5) is 0 Å². The van der Waals surface area contributed by atoms with E-state index in [2.05, 4.69) is 0 Å². The van der Waals surface area contributed by atoms with Crippen molar-refractivity contribution in [3.8, 4) is 5.75 Å². The topological polar surface area (TPSA) is 26.3 Å². The van der Waals surface area contributed by atoms with Crippen LogP contribution in [0.1, 0.15) is 28.4 Å². The number of halogens is 1. The number of ketones is 1. The summed E-state index contributed by atoms with van der Waals surface area (Å²) in [6.07, 6.45) is 0.170. The minimum Gasteiger partial charge on any atom is -0.484 e. The van der Waals surface area contributed by atoms with Gasteiger partial charge in [0.1, 0.15) is 11.9 Å². The number of rotatable bonds is 2. The van der Waals surface area contributed by atoms with Gasteiger partial charge in [-0.25, -0.2) is 0 Å². The minimum atomic E-state index is -0.198. The Bertz CT molecular complexity index is 613. The molecule has 0 saturated heterocycles. The third kappa shape index (κ3) is 2.48. The molecule has 1 aliphatic rings. The second-order valence-corrected chi connectivity index (χ2v) is 5.47. The first-order valence-electron chi connectivity index (χ1n) is 5.95. The molecule has 3 rings (SSSR count). The normalized spacial score (nSPS) is 17.7. The van der Waals surface area contributed by atoms with Crippen LogP contribution in [0.15, 0.2) is 53.4 Å². The Balaban J connectivity index is 1.95. The predicted octanol–water partition coefficient (Wildman–Crippen LogP) is 4.64. The molecule has 4 heteroatoms. The zero-order valence-electron chi connectivity index (χ0n) is 10.0. The first-order chi connectivity index (χ1) is 9.28. The van der Waals surface area contributed by atoms with Gasteiger partial charge in [-0.1, -0.05) is 30.3 Å². The first kappa shape index (κ1) is 12.6. The third-order valence-electron chi connectivity index (χ3n) is 3.15. The number of fused-ring (bicyclic) bond motifs is 1. The number of benzene rings is 2. The van der Waals surface area contributed by atoms with Crippen molar-refractivity contribution in [2.24, 2.45) is 0 Å². The molecule has 1 heterocycles. The van der Waals surface area contributed by atoms with Gasteiger partial charge in [-0.05, 0) is 45.4 Å². The fraction of sp³-hybridized carbons (Fsp3) is 0.133. The van der Waals surface area contributed by atoms with Gasteiger partial charge < -0.3 is 4.74 Å². The lowest BCUT2D eigenvalue weighted by molar-refractivity contribution is 0.0849. The van der Waals surface area contributed by atoms with Gasteiger partial charge in [-0.2, -0.15) is 0 Å². The van der Waals surface area contributed by atoms with E-state index in [1.165, 1.54) is 0 Å². The summed E-state index contributed by atoms with van der Waals surface area (Å²) in [5, 5.41) is 0. The molecule has 2 aromatic carbocycles. The summed E-state index contributed by atoms with van der Waals surface area (Å²) in [5.74, 6) is 0.738. The summed E-state index contributed by atoms with van der Waals surface area (Å²) in [6.45, 7) is 0. The van der Waals surface area contributed by atoms with Gasteiger partial charge in [-0.3, -0.25) is 4.79 Å². The molecule has 96 valence electrons. The molecule has 1 aliphatic heterocycles. The number of carbonyl (C=O) groups excluding carboxylic acids is 1. The molecule has 0 amide bonds. The van der Waals surface area contributed by atoms with E-state index in [-0.39, 0.29) is 11.9 Å². The molecule has 1 atom stereocenters. The van der Waals surface area contributed by atoms with Gasteiger partial charge in [0.2, 0.25) is 0 Å². The Kier molecular flexibility index (Phi) is 3.49. The van der Waals surface area contributed by atoms with E-state index in [9.17, 15) is 4.79 Å². The largest absolute Gasteiger partial charge is 0.484 e. The number of ether oxygens (including phenoxy) is 1. The van der Waals surface area contributed by atoms with Crippen molar-refractivity contribution in [1.29, 1.82) is 0 Å². The van der Waals surface area contributed by atoms with E-state index >= 15 is 0 Å². The summed E-state index contributed by atoms with van der Waals surface area (Å²) in [4.78, 5) is 13.1. The van der Waals surface area contributed by atoms with Crippen LogP contribution in [0.2, 0.25) is 0 Å². The number of hydrogen-bond donors (Lipinski definition) is 0. The molecular formula is C15H11ClO2S. The standard InChI is InChI=1S/C15H11ClO2S/c16-19-11-6-7-14-12(8-11)13(17)9-15(18-14)10-4-2-1-3-5-10/h1-8,15H,9H2. The van der Waals surface area contributed by atoms with Gasteiger partial charge in [-0.15, -0.1) is 0 Å². The number of Topliss-reactive ketones (excluding diaryl/α,β-unsaturated/α-hetero) is 1. The van der Waals surface area contributed by atoms with Gasteiger partial charge >= 0.3 is 0 Å². The summed E-state index contributed by atoms with van der Waals surface area (Å²) in [6, 6.07) is 15.3. The molecule has 0 N–H and O–H groups in total. The zero-order valence-corrected chi connectivity index (χ0v) is 11.6. The van der Waals surface area contributed by atoms with Crippen molar-refractivity contribution in [3.63, 3.8) is 0 Å². The highest BCUT2D eigenvalue weighted by Gasteiger charge is 2.27. The second-order valence-electron chi connectivity index (χ2n) is 4.38. The Morgan fingerprint density at radius 2 is 1.95 bits per heavy atom. The van der Waals surface area contributed by atoms with E-state index in [1.54, 1.807) is 6.07 Å². The number of hydrogen-bond acceptors (Lipinski definition) is 3. The highest BCUT2D eigenvalue weighted by atomic mass is 35.7. The molecule has 0 aliphatic carbocycles. The van der Waals surface area contributed by atoms with Crippen LogP contribution in [0.3, 0.4) is 0 Å². The van der Waals surface area contributed by atoms with Crippen LogP contribution in [0.25, 0.3) is 0 Å². The molecule has 0 bridgehead atoms. The molecule has 0 saturated carbocycles. The smallest absolute Gasteiger partial charge is 0.170 e. The van der Waals surface area contributed by atoms with Crippen molar-refractivity contribution in [2.75, 3.05) is 0 Å². The Morgan fingerprint density at radius 3 is 2.68 bits per heavy atom. The average Bonchev–Trinajstić information content (AvgIpc) is 2.48. The average molecular weight is 291 g/mol. The quantitative estimate of drug-likeness (QED) is 0.806. The van der Waals surface area contributed by atoms with Crippen molar-refractivity contribution in [3.05, 3.63) is 59.7 Å². The second kappa shape index (κ2) is 5.27. The SMILES string of the molecule is O=C1CC(c2ccccc2)Oc2ccc(SCl)cc21. The lowest BCUT2D eigenvalue weighted by Gasteiger charge is -2.25. The van der Waals surface area contributed by atoms with Crippen LogP contribution < -0.4 is 4.74 Å². The molecule has 19 heavy (non-hydrogen) atoms. The summed E-state index contributed by atoms with van der Waals surface area (Å²) >= 11 is 0. The Labute approximate surface area is 120 Å². The molecule has 2 nitrogen and oxygen atoms in total. The third-order valence-corrected chi connectivity index (χ3v) is 4.12. The van der Waals surface area contributed by atoms with E-state index in [0.29, 0.717) is 17.7 Å². The van der Waals surface area contributed by atoms with E-state index < -0.39 is 0 Å². The van der Waals surface area contributed by atoms with Crippen LogP contribution in [-0.4, -0.2) is 5.78 Å². The van der Waals surface area contributed by atoms with Crippen LogP contribution in [0.5, 0.6) is 5.75 Å². The molecular weight excluding hydrogens is 280 g/mol. The molecule has 1 unspecified atom stereocenters. The van der Waals surface area contributed by atoms with Crippen molar-refractivity contribution in [2.45, 2.75) is 17.4 Å². The highest BCUT2D eigenvalue weighted by molar-refractivity contribution is 8.21. The molecule has 0 radical (unpaired) electrons. The molecule has 2 aromatic rings. The Morgan fingerprint density at radius 1 is 1.16 bits per heavy atom. The maximum atomic E-state index is 12.2. The fourth-order valence-electron chi connectivity index (χ4n) is 2.20. The first-order valence-corrected chi connectivity index (χ1v) is 7.59. The summed E-state index contributed by atoms with van der Waals surface area (Å²) in [7, 11) is 6.81. The molecule has 0 aromatic heterocycles. The van der Waals surface area contributed by atoms with Crippen molar-refractivity contribution < 1.29 is 9.53 Å². The zero-order chi connectivity index (χ0) is 13.2. The monoisotopic (exact) mass is 290 g/mol. The minimum absolute atomic E-state index is 0.0997. The van der Waals surface area contributed by atoms with Crippen molar-refractivity contribution >= 4 is 27.4 Å². The van der Waals surface area contributed by atoms with Gasteiger partial charge in [0.15, 0.2) is 5.78 Å². The van der Waals surface area contributed by atoms with Crippen LogP contribution >= 0.6 is 21.7 Å². The summed E-state index contributed by atoms with van der Waals surface area (Å²) in [5.41, 5.74) is 1.65. The van der Waals surface area contributed by atoms with Gasteiger partial charge in [0.25, 0.3) is 0 Å². The highest BCUT2D eigenvalue weighted by Crippen LogP contribution is 2.37. The lowest BCUT2D eigenvalue weighted by Crippen LogP contribution is -2.20. The van der Waals surface area contributed by atoms with Gasteiger partial charge in [0.05, 0.1) is 12.0 Å². The maximum Gasteiger partial charge on any atom is 0.170 e.